The lowest BCUT2D eigenvalue weighted by Crippen LogP contribution is -2.47. The molecule has 4 rings (SSSR count). The Hall–Kier alpha value is -2.43. The minimum Gasteiger partial charge on any atom is -0.338 e. The number of carbonyl (C=O) groups is 1. The van der Waals surface area contributed by atoms with Crippen molar-refractivity contribution in [3.05, 3.63) is 47.2 Å². The number of benzene rings is 1. The fraction of sp³-hybridized carbons (Fsp3) is 0.400. The van der Waals surface area contributed by atoms with Crippen LogP contribution in [0.5, 0.6) is 0 Å². The van der Waals surface area contributed by atoms with E-state index in [1.54, 1.807) is 11.3 Å². The van der Waals surface area contributed by atoms with Gasteiger partial charge in [-0.1, -0.05) is 6.07 Å². The molecule has 0 saturated carbocycles. The second-order valence-electron chi connectivity index (χ2n) is 7.63. The molecule has 1 unspecified atom stereocenters. The van der Waals surface area contributed by atoms with Crippen LogP contribution >= 0.6 is 11.3 Å². The molecule has 1 aromatic carbocycles. The van der Waals surface area contributed by atoms with E-state index in [2.05, 4.69) is 54.2 Å². The molecule has 0 spiro atoms. The second kappa shape index (κ2) is 8.37. The Labute approximate surface area is 180 Å². The summed E-state index contributed by atoms with van der Waals surface area (Å²) in [5.74, 6) is 0.0451. The van der Waals surface area contributed by atoms with Crippen molar-refractivity contribution in [3.8, 4) is 0 Å². The molecule has 0 bridgehead atoms. The van der Waals surface area contributed by atoms with Gasteiger partial charge in [-0.2, -0.15) is 4.36 Å². The molecule has 0 aliphatic carbocycles. The molecule has 3 aromatic rings. The number of hydrogen-bond acceptors (Lipinski definition) is 8. The van der Waals surface area contributed by atoms with Crippen molar-refractivity contribution in [2.75, 3.05) is 43.6 Å². The van der Waals surface area contributed by atoms with E-state index in [9.17, 15) is 9.00 Å². The smallest absolute Gasteiger partial charge is 0.288 e. The van der Waals surface area contributed by atoms with Crippen molar-refractivity contribution in [1.82, 2.24) is 19.9 Å². The number of rotatable bonds is 4. The van der Waals surface area contributed by atoms with Crippen molar-refractivity contribution in [3.63, 3.8) is 0 Å². The van der Waals surface area contributed by atoms with Crippen LogP contribution < -0.4 is 4.90 Å². The molecule has 1 amide bonds. The Kier molecular flexibility index (Phi) is 5.81. The van der Waals surface area contributed by atoms with Crippen molar-refractivity contribution >= 4 is 43.1 Å². The number of aromatic nitrogens is 3. The maximum atomic E-state index is 12.0. The predicted octanol–water partition coefficient (Wildman–Crippen LogP) is 2.84. The third-order valence-corrected chi connectivity index (χ3v) is 6.59. The standard InChI is InChI=1S/C20H24N6O2S2/c1-14(15-4-5-18-17(10-15)23-13-29-18)25-6-8-26(9-7-25)20-21-11-16(12-22-20)19(27)24-30(2,3)28/h4-5,10-14H,6-9H2,1-3H3. The Morgan fingerprint density at radius 3 is 2.50 bits per heavy atom. The molecule has 2 aromatic heterocycles. The summed E-state index contributed by atoms with van der Waals surface area (Å²) in [5, 5.41) is 0. The topological polar surface area (TPSA) is 91.7 Å². The average Bonchev–Trinajstić information content (AvgIpc) is 3.20. The molecule has 8 nitrogen and oxygen atoms in total. The van der Waals surface area contributed by atoms with Gasteiger partial charge in [0.2, 0.25) is 5.95 Å². The Balaban J connectivity index is 1.39. The van der Waals surface area contributed by atoms with Gasteiger partial charge in [0, 0.05) is 66.9 Å². The van der Waals surface area contributed by atoms with E-state index in [-0.39, 0.29) is 5.56 Å². The Bertz CT molecular complexity index is 1170. The summed E-state index contributed by atoms with van der Waals surface area (Å²) in [5.41, 5.74) is 4.46. The van der Waals surface area contributed by atoms with Crippen LogP contribution in [0.25, 0.3) is 10.2 Å². The molecule has 3 heterocycles. The van der Waals surface area contributed by atoms with Crippen molar-refractivity contribution in [2.24, 2.45) is 4.36 Å². The van der Waals surface area contributed by atoms with E-state index in [0.29, 0.717) is 12.0 Å². The SMILES string of the molecule is CC(c1ccc2scnc2c1)N1CCN(c2ncc(C(=O)N=S(C)(C)=O)cn2)CC1. The fourth-order valence-electron chi connectivity index (χ4n) is 3.50. The van der Waals surface area contributed by atoms with Crippen LogP contribution in [-0.4, -0.2) is 68.7 Å². The number of hydrogen-bond donors (Lipinski definition) is 0. The molecule has 158 valence electrons. The van der Waals surface area contributed by atoms with Gasteiger partial charge in [-0.25, -0.2) is 19.2 Å². The molecular weight excluding hydrogens is 420 g/mol. The van der Waals surface area contributed by atoms with Crippen LogP contribution in [0.15, 0.2) is 40.5 Å². The number of thiazole rings is 1. The zero-order valence-corrected chi connectivity index (χ0v) is 18.8. The molecular formula is C20H24N6O2S2. The molecule has 10 heteroatoms. The summed E-state index contributed by atoms with van der Waals surface area (Å²) in [4.78, 5) is 29.6. The number of fused-ring (bicyclic) bond motifs is 1. The first kappa shape index (κ1) is 20.8. The average molecular weight is 445 g/mol. The summed E-state index contributed by atoms with van der Waals surface area (Å²) in [7, 11) is -2.50. The monoisotopic (exact) mass is 444 g/mol. The molecule has 1 aliphatic rings. The molecule has 1 saturated heterocycles. The summed E-state index contributed by atoms with van der Waals surface area (Å²) in [6, 6.07) is 6.82. The Morgan fingerprint density at radius 2 is 1.83 bits per heavy atom. The van der Waals surface area contributed by atoms with E-state index in [4.69, 9.17) is 0 Å². The molecule has 0 N–H and O–H groups in total. The van der Waals surface area contributed by atoms with E-state index in [0.717, 1.165) is 31.7 Å². The predicted molar refractivity (Wildman–Crippen MR) is 121 cm³/mol. The van der Waals surface area contributed by atoms with Crippen molar-refractivity contribution in [1.29, 1.82) is 0 Å². The zero-order valence-electron chi connectivity index (χ0n) is 17.2. The molecule has 1 aliphatic heterocycles. The first-order valence-electron chi connectivity index (χ1n) is 9.66. The minimum atomic E-state index is -2.50. The van der Waals surface area contributed by atoms with Crippen LogP contribution in [0.3, 0.4) is 0 Å². The van der Waals surface area contributed by atoms with Gasteiger partial charge in [0.15, 0.2) is 0 Å². The lowest BCUT2D eigenvalue weighted by atomic mass is 10.1. The maximum Gasteiger partial charge on any atom is 0.288 e. The van der Waals surface area contributed by atoms with Gasteiger partial charge in [0.05, 0.1) is 21.3 Å². The first-order valence-corrected chi connectivity index (χ1v) is 12.9. The quantitative estimate of drug-likeness (QED) is 0.611. The van der Waals surface area contributed by atoms with Crippen molar-refractivity contribution in [2.45, 2.75) is 13.0 Å². The number of carbonyl (C=O) groups excluding carboxylic acids is 1. The lowest BCUT2D eigenvalue weighted by molar-refractivity contribution is 0.100. The first-order chi connectivity index (χ1) is 14.3. The van der Waals surface area contributed by atoms with Crippen LogP contribution in [-0.2, 0) is 9.73 Å². The third kappa shape index (κ3) is 4.66. The summed E-state index contributed by atoms with van der Waals surface area (Å²) < 4.78 is 16.6. The maximum absolute atomic E-state index is 12.0. The normalized spacial score (nSPS) is 16.6. The Morgan fingerprint density at radius 1 is 1.13 bits per heavy atom. The van der Waals surface area contributed by atoms with Crippen LogP contribution in [0.2, 0.25) is 0 Å². The largest absolute Gasteiger partial charge is 0.338 e. The number of nitrogens with zero attached hydrogens (tertiary/aromatic N) is 6. The van der Waals surface area contributed by atoms with E-state index in [1.807, 2.05) is 5.51 Å². The summed E-state index contributed by atoms with van der Waals surface area (Å²) in [6.45, 7) is 5.62. The van der Waals surface area contributed by atoms with Gasteiger partial charge in [-0.3, -0.25) is 9.69 Å². The highest BCUT2D eigenvalue weighted by Crippen LogP contribution is 2.27. The number of anilines is 1. The molecule has 30 heavy (non-hydrogen) atoms. The van der Waals surface area contributed by atoms with E-state index < -0.39 is 15.6 Å². The third-order valence-electron chi connectivity index (χ3n) is 5.17. The van der Waals surface area contributed by atoms with Gasteiger partial charge < -0.3 is 4.90 Å². The number of amides is 1. The highest BCUT2D eigenvalue weighted by atomic mass is 32.2. The fourth-order valence-corrected chi connectivity index (χ4v) is 4.67. The van der Waals surface area contributed by atoms with Crippen LogP contribution in [0.4, 0.5) is 5.95 Å². The van der Waals surface area contributed by atoms with Gasteiger partial charge >= 0.3 is 0 Å². The minimum absolute atomic E-state index is 0.250. The van der Waals surface area contributed by atoms with Crippen LogP contribution in [0, 0.1) is 0 Å². The van der Waals surface area contributed by atoms with Gasteiger partial charge in [0.25, 0.3) is 5.91 Å². The van der Waals surface area contributed by atoms with E-state index >= 15 is 0 Å². The molecule has 1 atom stereocenters. The highest BCUT2D eigenvalue weighted by molar-refractivity contribution is 7.92. The molecule has 1 fully saturated rings. The van der Waals surface area contributed by atoms with E-state index in [1.165, 1.54) is 35.2 Å². The lowest BCUT2D eigenvalue weighted by Gasteiger charge is -2.38. The zero-order chi connectivity index (χ0) is 21.3. The number of piperazine rings is 1. The van der Waals surface area contributed by atoms with Gasteiger partial charge in [-0.05, 0) is 24.6 Å². The van der Waals surface area contributed by atoms with Gasteiger partial charge in [0.1, 0.15) is 0 Å². The van der Waals surface area contributed by atoms with Crippen molar-refractivity contribution < 1.29 is 9.00 Å². The van der Waals surface area contributed by atoms with Crippen LogP contribution in [0.1, 0.15) is 28.9 Å². The second-order valence-corrected chi connectivity index (χ2v) is 11.1. The van der Waals surface area contributed by atoms with Gasteiger partial charge in [-0.15, -0.1) is 11.3 Å². The summed E-state index contributed by atoms with van der Waals surface area (Å²) in [6.07, 6.45) is 5.76. The molecule has 0 radical (unpaired) electrons. The highest BCUT2D eigenvalue weighted by Gasteiger charge is 2.24. The summed E-state index contributed by atoms with van der Waals surface area (Å²) >= 11 is 1.66.